The highest BCUT2D eigenvalue weighted by Crippen LogP contribution is 2.55. The van der Waals surface area contributed by atoms with Crippen molar-refractivity contribution in [1.29, 1.82) is 0 Å². The number of benzene rings is 1. The van der Waals surface area contributed by atoms with Crippen molar-refractivity contribution in [2.75, 3.05) is 0 Å². The van der Waals surface area contributed by atoms with E-state index in [-0.39, 0.29) is 5.41 Å². The van der Waals surface area contributed by atoms with Crippen molar-refractivity contribution in [2.45, 2.75) is 37.5 Å². The summed E-state index contributed by atoms with van der Waals surface area (Å²) in [5.41, 5.74) is 1.80. The minimum atomic E-state index is -0.777. The summed E-state index contributed by atoms with van der Waals surface area (Å²) in [5.74, 6) is 0.0715. The van der Waals surface area contributed by atoms with Crippen LogP contribution >= 0.6 is 0 Å². The van der Waals surface area contributed by atoms with Gasteiger partial charge in [0.05, 0.1) is 5.56 Å². The van der Waals surface area contributed by atoms with Gasteiger partial charge in [-0.2, -0.15) is 0 Å². The van der Waals surface area contributed by atoms with Crippen molar-refractivity contribution in [1.82, 2.24) is 0 Å². The summed E-state index contributed by atoms with van der Waals surface area (Å²) in [6.45, 7) is 0. The first kappa shape index (κ1) is 9.88. The van der Waals surface area contributed by atoms with Crippen LogP contribution in [0.15, 0.2) is 24.3 Å². The van der Waals surface area contributed by atoms with E-state index in [4.69, 9.17) is 0 Å². The van der Waals surface area contributed by atoms with Crippen LogP contribution < -0.4 is 0 Å². The number of carboxylic acid groups (broad SMARTS) is 1. The molecule has 0 heterocycles. The standard InChI is InChI=1S/C14H16O2/c15-13(16)11-3-1-2-4-12(11)14-7-5-10(9-14)6-8-14/h1-4,10H,5-9H2,(H,15,16). The minimum absolute atomic E-state index is 0.194. The van der Waals surface area contributed by atoms with Gasteiger partial charge in [-0.3, -0.25) is 0 Å². The molecule has 2 bridgehead atoms. The zero-order valence-electron chi connectivity index (χ0n) is 9.28. The number of hydrogen-bond acceptors (Lipinski definition) is 1. The maximum Gasteiger partial charge on any atom is 0.335 e. The molecular weight excluding hydrogens is 200 g/mol. The molecule has 2 heteroatoms. The van der Waals surface area contributed by atoms with Crippen LogP contribution in [-0.2, 0) is 5.41 Å². The first-order valence-electron chi connectivity index (χ1n) is 6.04. The van der Waals surface area contributed by atoms with Crippen LogP contribution in [0.5, 0.6) is 0 Å². The van der Waals surface area contributed by atoms with Gasteiger partial charge in [0.2, 0.25) is 0 Å². The van der Waals surface area contributed by atoms with Gasteiger partial charge in [-0.15, -0.1) is 0 Å². The second-order valence-corrected chi connectivity index (χ2v) is 5.28. The Labute approximate surface area is 95.3 Å². The Morgan fingerprint density at radius 1 is 1.25 bits per heavy atom. The molecule has 0 spiro atoms. The van der Waals surface area contributed by atoms with Crippen molar-refractivity contribution in [2.24, 2.45) is 5.92 Å². The third-order valence-corrected chi connectivity index (χ3v) is 4.47. The van der Waals surface area contributed by atoms with E-state index >= 15 is 0 Å². The zero-order valence-corrected chi connectivity index (χ0v) is 9.28. The average Bonchev–Trinajstić information content (AvgIpc) is 2.90. The van der Waals surface area contributed by atoms with Gasteiger partial charge in [-0.25, -0.2) is 4.79 Å². The molecule has 2 fully saturated rings. The van der Waals surface area contributed by atoms with E-state index in [0.717, 1.165) is 11.5 Å². The van der Waals surface area contributed by atoms with Gasteiger partial charge in [0, 0.05) is 0 Å². The third kappa shape index (κ3) is 1.29. The molecule has 0 unspecified atom stereocenters. The summed E-state index contributed by atoms with van der Waals surface area (Å²) in [6.07, 6.45) is 6.14. The van der Waals surface area contributed by atoms with Gasteiger partial charge in [0.1, 0.15) is 0 Å². The topological polar surface area (TPSA) is 37.3 Å². The molecule has 3 rings (SSSR count). The first-order valence-corrected chi connectivity index (χ1v) is 6.04. The predicted octanol–water partition coefficient (Wildman–Crippen LogP) is 3.22. The molecule has 2 nitrogen and oxygen atoms in total. The van der Waals surface area contributed by atoms with Gasteiger partial charge in [0.25, 0.3) is 0 Å². The monoisotopic (exact) mass is 216 g/mol. The molecule has 1 aromatic rings. The Hall–Kier alpha value is -1.31. The van der Waals surface area contributed by atoms with Gasteiger partial charge in [-0.1, -0.05) is 18.2 Å². The van der Waals surface area contributed by atoms with Crippen LogP contribution in [0.1, 0.15) is 48.0 Å². The molecular formula is C14H16O2. The van der Waals surface area contributed by atoms with Crippen LogP contribution in [0.25, 0.3) is 0 Å². The normalized spacial score (nSPS) is 31.9. The van der Waals surface area contributed by atoms with Crippen molar-refractivity contribution >= 4 is 5.97 Å². The lowest BCUT2D eigenvalue weighted by molar-refractivity contribution is 0.0693. The maximum atomic E-state index is 11.3. The number of hydrogen-bond donors (Lipinski definition) is 1. The van der Waals surface area contributed by atoms with E-state index in [9.17, 15) is 9.90 Å². The fourth-order valence-corrected chi connectivity index (χ4v) is 3.70. The molecule has 1 aromatic carbocycles. The molecule has 0 radical (unpaired) electrons. The van der Waals surface area contributed by atoms with Crippen molar-refractivity contribution in [3.8, 4) is 0 Å². The van der Waals surface area contributed by atoms with Gasteiger partial charge >= 0.3 is 5.97 Å². The molecule has 16 heavy (non-hydrogen) atoms. The summed E-state index contributed by atoms with van der Waals surface area (Å²) in [7, 11) is 0. The fourth-order valence-electron chi connectivity index (χ4n) is 3.70. The van der Waals surface area contributed by atoms with Crippen molar-refractivity contribution in [3.05, 3.63) is 35.4 Å². The minimum Gasteiger partial charge on any atom is -0.478 e. The average molecular weight is 216 g/mol. The number of fused-ring (bicyclic) bond motifs is 2. The van der Waals surface area contributed by atoms with Crippen LogP contribution in [0.2, 0.25) is 0 Å². The van der Waals surface area contributed by atoms with Crippen LogP contribution in [0.4, 0.5) is 0 Å². The van der Waals surface area contributed by atoms with Crippen molar-refractivity contribution < 1.29 is 9.90 Å². The van der Waals surface area contributed by atoms with E-state index in [0.29, 0.717) is 5.56 Å². The van der Waals surface area contributed by atoms with Crippen LogP contribution in [0.3, 0.4) is 0 Å². The van der Waals surface area contributed by atoms with E-state index in [1.54, 1.807) is 6.07 Å². The van der Waals surface area contributed by atoms with Crippen LogP contribution in [-0.4, -0.2) is 11.1 Å². The van der Waals surface area contributed by atoms with E-state index in [2.05, 4.69) is 0 Å². The predicted molar refractivity (Wildman–Crippen MR) is 61.7 cm³/mol. The number of aromatic carboxylic acids is 1. The van der Waals surface area contributed by atoms with Crippen LogP contribution in [0, 0.1) is 5.92 Å². The number of rotatable bonds is 2. The first-order chi connectivity index (χ1) is 7.71. The molecule has 0 saturated heterocycles. The van der Waals surface area contributed by atoms with E-state index < -0.39 is 5.97 Å². The molecule has 1 N–H and O–H groups in total. The lowest BCUT2D eigenvalue weighted by atomic mass is 9.76. The lowest BCUT2D eigenvalue weighted by Gasteiger charge is -2.28. The smallest absolute Gasteiger partial charge is 0.335 e. The Morgan fingerprint density at radius 2 is 1.94 bits per heavy atom. The second kappa shape index (κ2) is 3.34. The fraction of sp³-hybridized carbons (Fsp3) is 0.500. The Bertz CT molecular complexity index is 428. The highest BCUT2D eigenvalue weighted by atomic mass is 16.4. The summed E-state index contributed by atoms with van der Waals surface area (Å²) in [6, 6.07) is 7.57. The summed E-state index contributed by atoms with van der Waals surface area (Å²) >= 11 is 0. The molecule has 0 atom stereocenters. The molecule has 2 saturated carbocycles. The Balaban J connectivity index is 2.09. The molecule has 2 aliphatic rings. The SMILES string of the molecule is O=C(O)c1ccccc1C12CCC(CC1)C2. The van der Waals surface area contributed by atoms with Gasteiger partial charge < -0.3 is 5.11 Å². The molecule has 0 amide bonds. The highest BCUT2D eigenvalue weighted by molar-refractivity contribution is 5.89. The van der Waals surface area contributed by atoms with E-state index in [1.807, 2.05) is 18.2 Å². The Morgan fingerprint density at radius 3 is 2.50 bits per heavy atom. The molecule has 84 valence electrons. The molecule has 0 aromatic heterocycles. The Kier molecular flexibility index (Phi) is 2.06. The van der Waals surface area contributed by atoms with Gasteiger partial charge in [0.15, 0.2) is 0 Å². The summed E-state index contributed by atoms with van der Waals surface area (Å²) in [5, 5.41) is 9.25. The summed E-state index contributed by atoms with van der Waals surface area (Å²) in [4.78, 5) is 11.3. The molecule has 0 aliphatic heterocycles. The zero-order chi connectivity index (χ0) is 11.2. The highest BCUT2D eigenvalue weighted by Gasteiger charge is 2.47. The number of carboxylic acids is 1. The second-order valence-electron chi connectivity index (χ2n) is 5.28. The lowest BCUT2D eigenvalue weighted by Crippen LogP contribution is -2.22. The summed E-state index contributed by atoms with van der Waals surface area (Å²) < 4.78 is 0. The van der Waals surface area contributed by atoms with Crippen molar-refractivity contribution in [3.63, 3.8) is 0 Å². The number of carbonyl (C=O) groups is 1. The quantitative estimate of drug-likeness (QED) is 0.824. The van der Waals surface area contributed by atoms with E-state index in [1.165, 1.54) is 32.1 Å². The largest absolute Gasteiger partial charge is 0.478 e. The maximum absolute atomic E-state index is 11.3. The molecule has 2 aliphatic carbocycles. The van der Waals surface area contributed by atoms with Gasteiger partial charge in [-0.05, 0) is 55.1 Å². The third-order valence-electron chi connectivity index (χ3n) is 4.47.